The van der Waals surface area contributed by atoms with E-state index in [0.717, 1.165) is 11.8 Å². The first-order valence-electron chi connectivity index (χ1n) is 5.43. The third kappa shape index (κ3) is 2.23. The Labute approximate surface area is 79.7 Å². The summed E-state index contributed by atoms with van der Waals surface area (Å²) in [6.07, 6.45) is 8.28. The van der Waals surface area contributed by atoms with Gasteiger partial charge in [0.1, 0.15) is 0 Å². The van der Waals surface area contributed by atoms with Crippen molar-refractivity contribution in [1.29, 1.82) is 0 Å². The van der Waals surface area contributed by atoms with Crippen molar-refractivity contribution in [3.05, 3.63) is 0 Å². The summed E-state index contributed by atoms with van der Waals surface area (Å²) in [5, 5.41) is 0. The quantitative estimate of drug-likeness (QED) is 0.626. The molecular weight excluding hydrogens is 164 g/mol. The van der Waals surface area contributed by atoms with Gasteiger partial charge in [-0.1, -0.05) is 19.3 Å². The lowest BCUT2D eigenvalue weighted by Crippen LogP contribution is -2.29. The molecule has 0 saturated heterocycles. The van der Waals surface area contributed by atoms with Crippen LogP contribution in [0.25, 0.3) is 0 Å². The second-order valence-corrected chi connectivity index (χ2v) is 4.67. The molecule has 2 bridgehead atoms. The van der Waals surface area contributed by atoms with Crippen molar-refractivity contribution in [1.82, 2.24) is 0 Å². The van der Waals surface area contributed by atoms with Crippen LogP contribution >= 0.6 is 0 Å². The first-order chi connectivity index (χ1) is 6.38. The van der Waals surface area contributed by atoms with Crippen molar-refractivity contribution < 1.29 is 9.53 Å². The molecule has 2 rings (SSSR count). The number of rotatable bonds is 3. The first-order valence-corrected chi connectivity index (χ1v) is 5.43. The lowest BCUT2D eigenvalue weighted by atomic mass is 9.68. The van der Waals surface area contributed by atoms with Crippen LogP contribution in [0.4, 0.5) is 0 Å². The molecule has 0 radical (unpaired) electrons. The van der Waals surface area contributed by atoms with Gasteiger partial charge in [-0.15, -0.1) is 0 Å². The number of hydrogen-bond donors (Lipinski definition) is 0. The van der Waals surface area contributed by atoms with Crippen LogP contribution in [0, 0.1) is 17.8 Å². The minimum Gasteiger partial charge on any atom is -0.468 e. The molecule has 2 atom stereocenters. The summed E-state index contributed by atoms with van der Waals surface area (Å²) >= 11 is 0. The van der Waals surface area contributed by atoms with E-state index in [0.29, 0.717) is 19.0 Å². The molecule has 0 heterocycles. The Balaban J connectivity index is 1.83. The molecule has 0 aromatic rings. The molecule has 2 fully saturated rings. The van der Waals surface area contributed by atoms with Gasteiger partial charge in [0.2, 0.25) is 0 Å². The summed E-state index contributed by atoms with van der Waals surface area (Å²) in [5.74, 6) is 2.54. The highest BCUT2D eigenvalue weighted by molar-refractivity contribution is 5.36. The molecular formula is C11H18O2. The van der Waals surface area contributed by atoms with Crippen LogP contribution in [0.1, 0.15) is 38.5 Å². The van der Waals surface area contributed by atoms with E-state index in [4.69, 9.17) is 4.74 Å². The molecule has 0 amide bonds. The summed E-state index contributed by atoms with van der Waals surface area (Å²) in [5.41, 5.74) is 0. The topological polar surface area (TPSA) is 26.3 Å². The SMILES string of the molecule is O=COCC1CC2CCCC(C2)C1. The van der Waals surface area contributed by atoms with Crippen LogP contribution in [0.3, 0.4) is 0 Å². The summed E-state index contributed by atoms with van der Waals surface area (Å²) < 4.78 is 4.86. The zero-order valence-electron chi connectivity index (χ0n) is 8.08. The molecule has 13 heavy (non-hydrogen) atoms. The zero-order chi connectivity index (χ0) is 9.10. The van der Waals surface area contributed by atoms with E-state index in [1.807, 2.05) is 0 Å². The van der Waals surface area contributed by atoms with Gasteiger partial charge >= 0.3 is 0 Å². The van der Waals surface area contributed by atoms with Crippen LogP contribution in [0.5, 0.6) is 0 Å². The van der Waals surface area contributed by atoms with Gasteiger partial charge in [0, 0.05) is 0 Å². The third-order valence-electron chi connectivity index (χ3n) is 3.62. The maximum atomic E-state index is 10.1. The second-order valence-electron chi connectivity index (χ2n) is 4.67. The van der Waals surface area contributed by atoms with Gasteiger partial charge in [0.15, 0.2) is 0 Å². The number of carbonyl (C=O) groups is 1. The molecule has 2 unspecified atom stereocenters. The average molecular weight is 182 g/mol. The fourth-order valence-corrected chi connectivity index (χ4v) is 3.18. The maximum absolute atomic E-state index is 10.1. The van der Waals surface area contributed by atoms with Gasteiger partial charge < -0.3 is 4.74 Å². The van der Waals surface area contributed by atoms with Crippen molar-refractivity contribution >= 4 is 6.47 Å². The van der Waals surface area contributed by atoms with Crippen LogP contribution in [0.2, 0.25) is 0 Å². The Morgan fingerprint density at radius 3 is 2.46 bits per heavy atom. The Hall–Kier alpha value is -0.530. The predicted molar refractivity (Wildman–Crippen MR) is 50.2 cm³/mol. The monoisotopic (exact) mass is 182 g/mol. The molecule has 2 saturated carbocycles. The molecule has 2 aliphatic carbocycles. The lowest BCUT2D eigenvalue weighted by molar-refractivity contribution is -0.130. The van der Waals surface area contributed by atoms with Crippen LogP contribution in [-0.4, -0.2) is 13.1 Å². The average Bonchev–Trinajstić information content (AvgIpc) is 2.14. The van der Waals surface area contributed by atoms with Crippen molar-refractivity contribution in [2.45, 2.75) is 38.5 Å². The van der Waals surface area contributed by atoms with Crippen LogP contribution < -0.4 is 0 Å². The summed E-state index contributed by atoms with van der Waals surface area (Å²) in [6, 6.07) is 0. The minimum absolute atomic E-state index is 0.588. The zero-order valence-corrected chi connectivity index (χ0v) is 8.08. The Kier molecular flexibility index (Phi) is 2.87. The lowest BCUT2D eigenvalue weighted by Gasteiger charge is -2.38. The summed E-state index contributed by atoms with van der Waals surface area (Å²) in [6.45, 7) is 1.25. The van der Waals surface area contributed by atoms with Crippen molar-refractivity contribution in [3.8, 4) is 0 Å². The Morgan fingerprint density at radius 2 is 1.85 bits per heavy atom. The molecule has 74 valence electrons. The van der Waals surface area contributed by atoms with Gasteiger partial charge in [-0.3, -0.25) is 4.79 Å². The number of hydrogen-bond acceptors (Lipinski definition) is 2. The van der Waals surface area contributed by atoms with Crippen LogP contribution in [-0.2, 0) is 9.53 Å². The van der Waals surface area contributed by atoms with E-state index in [1.165, 1.54) is 38.5 Å². The minimum atomic E-state index is 0.588. The van der Waals surface area contributed by atoms with Gasteiger partial charge in [-0.05, 0) is 37.0 Å². The molecule has 0 spiro atoms. The van der Waals surface area contributed by atoms with E-state index in [9.17, 15) is 4.79 Å². The molecule has 2 nitrogen and oxygen atoms in total. The van der Waals surface area contributed by atoms with Gasteiger partial charge in [-0.2, -0.15) is 0 Å². The molecule has 0 aromatic carbocycles. The fraction of sp³-hybridized carbons (Fsp3) is 0.909. The summed E-state index contributed by atoms with van der Waals surface area (Å²) in [4.78, 5) is 10.1. The summed E-state index contributed by atoms with van der Waals surface area (Å²) in [7, 11) is 0. The molecule has 2 heteroatoms. The molecule has 0 aliphatic heterocycles. The van der Waals surface area contributed by atoms with E-state index in [-0.39, 0.29) is 0 Å². The highest BCUT2D eigenvalue weighted by Crippen LogP contribution is 2.42. The molecule has 2 aliphatic rings. The third-order valence-corrected chi connectivity index (χ3v) is 3.62. The Morgan fingerprint density at radius 1 is 1.15 bits per heavy atom. The van der Waals surface area contributed by atoms with Crippen molar-refractivity contribution in [3.63, 3.8) is 0 Å². The van der Waals surface area contributed by atoms with Crippen molar-refractivity contribution in [2.75, 3.05) is 6.61 Å². The number of ether oxygens (including phenoxy) is 1. The molecule has 0 N–H and O–H groups in total. The second kappa shape index (κ2) is 4.12. The normalized spacial score (nSPS) is 38.3. The standard InChI is InChI=1S/C11H18O2/c12-8-13-7-11-5-9-2-1-3-10(4-9)6-11/h8-11H,1-7H2. The maximum Gasteiger partial charge on any atom is 0.293 e. The largest absolute Gasteiger partial charge is 0.468 e. The van der Waals surface area contributed by atoms with Crippen LogP contribution in [0.15, 0.2) is 0 Å². The smallest absolute Gasteiger partial charge is 0.293 e. The fourth-order valence-electron chi connectivity index (χ4n) is 3.18. The van der Waals surface area contributed by atoms with E-state index in [2.05, 4.69) is 0 Å². The van der Waals surface area contributed by atoms with Crippen molar-refractivity contribution in [2.24, 2.45) is 17.8 Å². The van der Waals surface area contributed by atoms with Gasteiger partial charge in [0.25, 0.3) is 6.47 Å². The van der Waals surface area contributed by atoms with E-state index < -0.39 is 0 Å². The number of carbonyl (C=O) groups excluding carboxylic acids is 1. The number of fused-ring (bicyclic) bond motifs is 2. The highest BCUT2D eigenvalue weighted by Gasteiger charge is 2.31. The van der Waals surface area contributed by atoms with E-state index >= 15 is 0 Å². The van der Waals surface area contributed by atoms with E-state index in [1.54, 1.807) is 0 Å². The first kappa shape index (κ1) is 9.04. The van der Waals surface area contributed by atoms with Gasteiger partial charge in [-0.25, -0.2) is 0 Å². The Bertz CT molecular complexity index is 167. The molecule has 0 aromatic heterocycles. The predicted octanol–water partition coefficient (Wildman–Crippen LogP) is 2.38. The van der Waals surface area contributed by atoms with Gasteiger partial charge in [0.05, 0.1) is 6.61 Å². The highest BCUT2D eigenvalue weighted by atomic mass is 16.5.